The van der Waals surface area contributed by atoms with Gasteiger partial charge in [-0.2, -0.15) is 8.42 Å². The number of carbonyl (C=O) groups excluding carboxylic acids is 1. The van der Waals surface area contributed by atoms with Gasteiger partial charge in [-0.15, -0.1) is 0 Å². The maximum Gasteiger partial charge on any atom is 0.267 e. The van der Waals surface area contributed by atoms with Crippen molar-refractivity contribution in [2.45, 2.75) is 161 Å². The Labute approximate surface area is 259 Å². The van der Waals surface area contributed by atoms with Gasteiger partial charge in [0.1, 0.15) is 0 Å². The Hall–Kier alpha value is -1.70. The topological polar surface area (TPSA) is 104 Å². The number of amides is 1. The second kappa shape index (κ2) is 29.4. The minimum Gasteiger partial charge on any atom is -0.387 e. The minimum absolute atomic E-state index is 0.278. The summed E-state index contributed by atoms with van der Waals surface area (Å²) < 4.78 is 32.2. The first kappa shape index (κ1) is 40.3. The highest BCUT2D eigenvalue weighted by molar-refractivity contribution is 7.85. The van der Waals surface area contributed by atoms with Gasteiger partial charge < -0.3 is 10.4 Å². The summed E-state index contributed by atoms with van der Waals surface area (Å²) in [4.78, 5) is 12.4. The van der Waals surface area contributed by atoms with Gasteiger partial charge >= 0.3 is 0 Å². The first-order valence-corrected chi connectivity index (χ1v) is 18.4. The maximum absolute atomic E-state index is 12.4. The lowest BCUT2D eigenvalue weighted by atomic mass is 10.1. The number of aliphatic hydroxyl groups is 1. The highest BCUT2D eigenvalue weighted by Crippen LogP contribution is 2.12. The van der Waals surface area contributed by atoms with Crippen LogP contribution in [0.2, 0.25) is 0 Å². The zero-order valence-electron chi connectivity index (χ0n) is 26.9. The molecule has 0 aliphatic rings. The van der Waals surface area contributed by atoms with Gasteiger partial charge in [0.25, 0.3) is 10.1 Å². The molecular weight excluding hydrogens is 546 g/mol. The Morgan fingerprint density at radius 2 is 1.12 bits per heavy atom. The largest absolute Gasteiger partial charge is 0.387 e. The van der Waals surface area contributed by atoms with Crippen LogP contribution >= 0.6 is 0 Å². The molecule has 0 rings (SSSR count). The van der Waals surface area contributed by atoms with Crippen LogP contribution in [0.1, 0.15) is 149 Å². The van der Waals surface area contributed by atoms with Crippen LogP contribution in [0, 0.1) is 0 Å². The summed E-state index contributed by atoms with van der Waals surface area (Å²) in [6, 6.07) is -1.08. The first-order valence-electron chi connectivity index (χ1n) is 16.8. The highest BCUT2D eigenvalue weighted by Gasteiger charge is 2.24. The number of hydrogen-bond acceptors (Lipinski definition) is 4. The van der Waals surface area contributed by atoms with Crippen molar-refractivity contribution >= 4 is 16.0 Å². The van der Waals surface area contributed by atoms with E-state index < -0.39 is 28.0 Å². The molecule has 0 aromatic heterocycles. The van der Waals surface area contributed by atoms with Gasteiger partial charge in [-0.05, 0) is 64.7 Å². The number of unbranched alkanes of at least 4 members (excludes halogenated alkanes) is 16. The molecule has 3 N–H and O–H groups in total. The third-order valence-corrected chi connectivity index (χ3v) is 8.08. The molecule has 0 saturated carbocycles. The fourth-order valence-corrected chi connectivity index (χ4v) is 5.51. The van der Waals surface area contributed by atoms with Crippen LogP contribution in [0.15, 0.2) is 48.6 Å². The molecule has 2 atom stereocenters. The summed E-state index contributed by atoms with van der Waals surface area (Å²) in [6.07, 6.45) is 38.3. The highest BCUT2D eigenvalue weighted by atomic mass is 32.2. The lowest BCUT2D eigenvalue weighted by Gasteiger charge is -2.21. The molecule has 6 nitrogen and oxygen atoms in total. The van der Waals surface area contributed by atoms with Crippen LogP contribution < -0.4 is 5.32 Å². The molecule has 0 bridgehead atoms. The third kappa shape index (κ3) is 29.8. The predicted octanol–water partition coefficient (Wildman–Crippen LogP) is 9.18. The van der Waals surface area contributed by atoms with E-state index in [2.05, 4.69) is 42.6 Å². The van der Waals surface area contributed by atoms with Crippen LogP contribution in [-0.4, -0.2) is 41.9 Å². The molecule has 244 valence electrons. The molecule has 0 radical (unpaired) electrons. The zero-order valence-corrected chi connectivity index (χ0v) is 27.7. The van der Waals surface area contributed by atoms with Crippen molar-refractivity contribution in [1.29, 1.82) is 0 Å². The molecule has 42 heavy (non-hydrogen) atoms. The lowest BCUT2D eigenvalue weighted by molar-refractivity contribution is -0.122. The van der Waals surface area contributed by atoms with Gasteiger partial charge in [-0.1, -0.05) is 126 Å². The van der Waals surface area contributed by atoms with Crippen LogP contribution in [0.3, 0.4) is 0 Å². The van der Waals surface area contributed by atoms with Crippen molar-refractivity contribution in [3.63, 3.8) is 0 Å². The van der Waals surface area contributed by atoms with Gasteiger partial charge in [-0.25, -0.2) is 0 Å². The Bertz CT molecular complexity index is 847. The van der Waals surface area contributed by atoms with Crippen LogP contribution in [-0.2, 0) is 14.9 Å². The summed E-state index contributed by atoms with van der Waals surface area (Å²) in [6.45, 7) is 4.26. The van der Waals surface area contributed by atoms with Gasteiger partial charge in [0.05, 0.1) is 17.9 Å². The summed E-state index contributed by atoms with van der Waals surface area (Å²) in [5.41, 5.74) is 0. The quantitative estimate of drug-likeness (QED) is 0.0446. The monoisotopic (exact) mass is 609 g/mol. The van der Waals surface area contributed by atoms with Crippen LogP contribution in [0.25, 0.3) is 0 Å². The van der Waals surface area contributed by atoms with E-state index in [9.17, 15) is 22.9 Å². The first-order chi connectivity index (χ1) is 20.3. The minimum atomic E-state index is -4.35. The molecule has 0 heterocycles. The Kier molecular flexibility index (Phi) is 28.2. The SMILES string of the molecule is C/C=C/CC/C=C/CC/C=C/C(O)C(CS(=O)(=O)O)NC(=O)CCCCCCCCC/C=C\CCCCCCCCC. The molecule has 0 fully saturated rings. The predicted molar refractivity (Wildman–Crippen MR) is 179 cm³/mol. The van der Waals surface area contributed by atoms with Gasteiger partial charge in [-0.3, -0.25) is 9.35 Å². The summed E-state index contributed by atoms with van der Waals surface area (Å²) in [7, 11) is -4.35. The number of nitrogens with one attached hydrogen (secondary N) is 1. The third-order valence-electron chi connectivity index (χ3n) is 7.30. The molecule has 0 aliphatic carbocycles. The van der Waals surface area contributed by atoms with Gasteiger partial charge in [0, 0.05) is 6.42 Å². The molecule has 0 aromatic rings. The molecule has 2 unspecified atom stereocenters. The van der Waals surface area contributed by atoms with E-state index in [0.717, 1.165) is 51.4 Å². The van der Waals surface area contributed by atoms with E-state index in [1.165, 1.54) is 76.7 Å². The van der Waals surface area contributed by atoms with Crippen molar-refractivity contribution < 1.29 is 22.9 Å². The molecule has 0 saturated heterocycles. The van der Waals surface area contributed by atoms with E-state index in [0.29, 0.717) is 6.42 Å². The van der Waals surface area contributed by atoms with E-state index in [-0.39, 0.29) is 12.3 Å². The van der Waals surface area contributed by atoms with E-state index >= 15 is 0 Å². The Balaban J connectivity index is 3.99. The average molecular weight is 610 g/mol. The second-order valence-electron chi connectivity index (χ2n) is 11.4. The van der Waals surface area contributed by atoms with E-state index in [4.69, 9.17) is 0 Å². The number of rotatable bonds is 29. The molecule has 0 aliphatic heterocycles. The van der Waals surface area contributed by atoms with Crippen molar-refractivity contribution in [2.24, 2.45) is 0 Å². The van der Waals surface area contributed by atoms with Crippen LogP contribution in [0.4, 0.5) is 0 Å². The molecule has 0 spiro atoms. The number of hydrogen-bond donors (Lipinski definition) is 3. The van der Waals surface area contributed by atoms with Gasteiger partial charge in [0.15, 0.2) is 0 Å². The maximum atomic E-state index is 12.4. The molecular formula is C35H63NO5S. The number of aliphatic hydroxyl groups excluding tert-OH is 1. The van der Waals surface area contributed by atoms with Crippen molar-refractivity contribution in [3.8, 4) is 0 Å². The summed E-state index contributed by atoms with van der Waals surface area (Å²) >= 11 is 0. The summed E-state index contributed by atoms with van der Waals surface area (Å²) in [5.74, 6) is -1.02. The van der Waals surface area contributed by atoms with Crippen molar-refractivity contribution in [1.82, 2.24) is 5.32 Å². The summed E-state index contributed by atoms with van der Waals surface area (Å²) in [5, 5.41) is 13.0. The van der Waals surface area contributed by atoms with Gasteiger partial charge in [0.2, 0.25) is 5.91 Å². The number of carbonyl (C=O) groups is 1. The van der Waals surface area contributed by atoms with E-state index in [1.807, 2.05) is 13.0 Å². The van der Waals surface area contributed by atoms with E-state index in [1.54, 1.807) is 6.08 Å². The smallest absolute Gasteiger partial charge is 0.267 e. The Morgan fingerprint density at radius 1 is 0.667 bits per heavy atom. The zero-order chi connectivity index (χ0) is 31.2. The fraction of sp³-hybridized carbons (Fsp3) is 0.743. The fourth-order valence-electron chi connectivity index (χ4n) is 4.78. The van der Waals surface area contributed by atoms with Crippen LogP contribution in [0.5, 0.6) is 0 Å². The molecule has 0 aromatic carbocycles. The van der Waals surface area contributed by atoms with Crippen molar-refractivity contribution in [3.05, 3.63) is 48.6 Å². The normalized spacial score (nSPS) is 14.1. The molecule has 1 amide bonds. The van der Waals surface area contributed by atoms with Crippen molar-refractivity contribution in [2.75, 3.05) is 5.75 Å². The molecule has 7 heteroatoms. The number of allylic oxidation sites excluding steroid dienone is 7. The standard InChI is InChI=1S/C35H63NO5S/c1-3-5-7-9-11-13-14-15-16-17-18-19-20-21-23-25-27-29-31-35(38)36-33(32-42(39,40)41)34(37)30-28-26-24-22-12-10-8-6-4-2/h4,6,12,16-17,22,28,30,33-34,37H,3,5,7-11,13-15,18-21,23-27,29,31-32H2,1-2H3,(H,36,38)(H,39,40,41)/b6-4+,17-16-,22-12+,30-28+. The Morgan fingerprint density at radius 3 is 1.64 bits per heavy atom. The lowest BCUT2D eigenvalue weighted by Crippen LogP contribution is -2.46. The average Bonchev–Trinajstić information content (AvgIpc) is 2.94. The second-order valence-corrected chi connectivity index (χ2v) is 12.9.